The first-order valence-electron chi connectivity index (χ1n) is 7.23. The number of nitrogens with zero attached hydrogens (tertiary/aromatic N) is 1. The van der Waals surface area contributed by atoms with E-state index in [4.69, 9.17) is 0 Å². The molecule has 4 heteroatoms. The summed E-state index contributed by atoms with van der Waals surface area (Å²) in [6.45, 7) is 12.1. The minimum Gasteiger partial charge on any atom is -0.507 e. The van der Waals surface area contributed by atoms with Gasteiger partial charge in [-0.2, -0.15) is 0 Å². The molecule has 0 aliphatic carbocycles. The summed E-state index contributed by atoms with van der Waals surface area (Å²) < 4.78 is 0. The van der Waals surface area contributed by atoms with E-state index in [0.29, 0.717) is 5.75 Å². The van der Waals surface area contributed by atoms with Crippen LogP contribution < -0.4 is 0 Å². The van der Waals surface area contributed by atoms with Gasteiger partial charge in [0.25, 0.3) is 0 Å². The van der Waals surface area contributed by atoms with Crippen LogP contribution in [0.4, 0.5) is 0 Å². The van der Waals surface area contributed by atoms with E-state index in [-0.39, 0.29) is 23.0 Å². The average molecular weight is 305 g/mol. The van der Waals surface area contributed by atoms with Crippen molar-refractivity contribution in [1.82, 2.24) is 4.90 Å². The molecule has 0 saturated carbocycles. The summed E-state index contributed by atoms with van der Waals surface area (Å²) in [6, 6.07) is 3.93. The molecule has 1 aliphatic heterocycles. The van der Waals surface area contributed by atoms with Crippen LogP contribution in [0.25, 0.3) is 0 Å². The van der Waals surface area contributed by atoms with Gasteiger partial charge in [0.2, 0.25) is 5.91 Å². The number of hydrogen-bond donors (Lipinski definition) is 1. The molecule has 114 valence electrons. The molecule has 1 aliphatic rings. The fourth-order valence-corrected chi connectivity index (χ4v) is 3.56. The molecule has 1 unspecified atom stereocenters. The molecule has 1 saturated heterocycles. The number of phenolic OH excluding ortho intramolecular Hbond substituents is 1. The lowest BCUT2D eigenvalue weighted by atomic mass is 9.90. The number of amides is 1. The van der Waals surface area contributed by atoms with E-state index < -0.39 is 0 Å². The van der Waals surface area contributed by atoms with Crippen LogP contribution >= 0.6 is 11.8 Å². The predicted octanol–water partition coefficient (Wildman–Crippen LogP) is 4.36. The Balaban J connectivity index is 2.55. The van der Waals surface area contributed by atoms with Crippen LogP contribution in [0.2, 0.25) is 0 Å². The van der Waals surface area contributed by atoms with Crippen LogP contribution in [0.1, 0.15) is 61.5 Å². The van der Waals surface area contributed by atoms with Crippen LogP contribution in [0, 0.1) is 0 Å². The maximum atomic E-state index is 12.3. The Hall–Kier alpha value is -1.42. The molecule has 1 aromatic rings. The SMILES string of the molecule is C=C1SC(c2cc(C(C)C)c(O)c(C(C)C)c2)C(=O)N1C. The minimum atomic E-state index is -0.252. The molecule has 1 atom stereocenters. The highest BCUT2D eigenvalue weighted by atomic mass is 32.2. The van der Waals surface area contributed by atoms with E-state index in [2.05, 4.69) is 34.3 Å². The zero-order valence-corrected chi connectivity index (χ0v) is 14.1. The minimum absolute atomic E-state index is 0.0557. The average Bonchev–Trinajstić information content (AvgIpc) is 2.66. The zero-order chi connectivity index (χ0) is 15.9. The standard InChI is InChI=1S/C17H23NO2S/c1-9(2)13-7-12(8-14(10(3)4)15(13)19)16-17(20)18(6)11(5)21-16/h7-10,16,19H,5H2,1-4,6H3. The number of rotatable bonds is 3. The van der Waals surface area contributed by atoms with Gasteiger partial charge in [0.05, 0.1) is 5.03 Å². The Labute approximate surface area is 131 Å². The largest absolute Gasteiger partial charge is 0.507 e. The molecule has 0 radical (unpaired) electrons. The maximum absolute atomic E-state index is 12.3. The first-order valence-corrected chi connectivity index (χ1v) is 8.11. The lowest BCUT2D eigenvalue weighted by Crippen LogP contribution is -2.20. The molecular formula is C17H23NO2S. The van der Waals surface area contributed by atoms with Gasteiger partial charge in [0, 0.05) is 7.05 Å². The monoisotopic (exact) mass is 305 g/mol. The van der Waals surface area contributed by atoms with Crippen LogP contribution in [0.5, 0.6) is 5.75 Å². The molecule has 1 fully saturated rings. The summed E-state index contributed by atoms with van der Waals surface area (Å²) in [5.41, 5.74) is 2.77. The van der Waals surface area contributed by atoms with Gasteiger partial charge >= 0.3 is 0 Å². The highest BCUT2D eigenvalue weighted by molar-refractivity contribution is 8.04. The fraction of sp³-hybridized carbons (Fsp3) is 0.471. The van der Waals surface area contributed by atoms with Gasteiger partial charge < -0.3 is 10.0 Å². The first-order chi connectivity index (χ1) is 9.73. The number of aromatic hydroxyl groups is 1. The normalized spacial score (nSPS) is 19.2. The Morgan fingerprint density at radius 1 is 1.19 bits per heavy atom. The lowest BCUT2D eigenvalue weighted by molar-refractivity contribution is -0.126. The van der Waals surface area contributed by atoms with Crippen molar-refractivity contribution in [2.24, 2.45) is 0 Å². The van der Waals surface area contributed by atoms with Gasteiger partial charge in [0.15, 0.2) is 0 Å². The van der Waals surface area contributed by atoms with Crippen molar-refractivity contribution in [2.75, 3.05) is 7.05 Å². The highest BCUT2D eigenvalue weighted by Gasteiger charge is 2.35. The van der Waals surface area contributed by atoms with Gasteiger partial charge in [-0.3, -0.25) is 4.79 Å². The lowest BCUT2D eigenvalue weighted by Gasteiger charge is -2.19. The maximum Gasteiger partial charge on any atom is 0.245 e. The first kappa shape index (κ1) is 16.0. The zero-order valence-electron chi connectivity index (χ0n) is 13.3. The Bertz CT molecular complexity index is 563. The van der Waals surface area contributed by atoms with Gasteiger partial charge in [-0.25, -0.2) is 0 Å². The van der Waals surface area contributed by atoms with Crippen molar-refractivity contribution in [3.8, 4) is 5.75 Å². The van der Waals surface area contributed by atoms with Gasteiger partial charge in [-0.1, -0.05) is 58.2 Å². The van der Waals surface area contributed by atoms with E-state index in [1.54, 1.807) is 11.9 Å². The van der Waals surface area contributed by atoms with Crippen LogP contribution in [0.3, 0.4) is 0 Å². The molecule has 1 heterocycles. The van der Waals surface area contributed by atoms with Crippen LogP contribution in [-0.2, 0) is 4.79 Å². The van der Waals surface area contributed by atoms with E-state index in [0.717, 1.165) is 21.7 Å². The Morgan fingerprint density at radius 2 is 1.67 bits per heavy atom. The number of carbonyl (C=O) groups is 1. The fourth-order valence-electron chi connectivity index (χ4n) is 2.51. The second-order valence-corrected chi connectivity index (χ2v) is 7.32. The number of thioether (sulfide) groups is 1. The predicted molar refractivity (Wildman–Crippen MR) is 88.5 cm³/mol. The summed E-state index contributed by atoms with van der Waals surface area (Å²) in [5, 5.41) is 11.0. The van der Waals surface area contributed by atoms with Crippen molar-refractivity contribution < 1.29 is 9.90 Å². The number of carbonyl (C=O) groups excluding carboxylic acids is 1. The summed E-state index contributed by atoms with van der Waals surface area (Å²) in [4.78, 5) is 13.9. The number of benzene rings is 1. The third-order valence-corrected chi connectivity index (χ3v) is 5.18. The van der Waals surface area contributed by atoms with E-state index in [1.807, 2.05) is 12.1 Å². The topological polar surface area (TPSA) is 40.5 Å². The Morgan fingerprint density at radius 3 is 2.00 bits per heavy atom. The smallest absolute Gasteiger partial charge is 0.245 e. The summed E-state index contributed by atoms with van der Waals surface area (Å²) in [7, 11) is 1.75. The summed E-state index contributed by atoms with van der Waals surface area (Å²) >= 11 is 1.48. The molecular weight excluding hydrogens is 282 g/mol. The second-order valence-electron chi connectivity index (χ2n) is 6.15. The van der Waals surface area contributed by atoms with Gasteiger partial charge in [-0.05, 0) is 28.5 Å². The van der Waals surface area contributed by atoms with E-state index in [9.17, 15) is 9.90 Å². The second kappa shape index (κ2) is 5.76. The molecule has 2 rings (SSSR count). The molecule has 0 aromatic heterocycles. The number of likely N-dealkylation sites (N-methyl/N-ethyl adjacent to an activating group) is 1. The third kappa shape index (κ3) is 2.82. The molecule has 21 heavy (non-hydrogen) atoms. The highest BCUT2D eigenvalue weighted by Crippen LogP contribution is 2.46. The van der Waals surface area contributed by atoms with E-state index in [1.165, 1.54) is 11.8 Å². The van der Waals surface area contributed by atoms with E-state index >= 15 is 0 Å². The molecule has 3 nitrogen and oxygen atoms in total. The molecule has 0 spiro atoms. The Kier molecular flexibility index (Phi) is 4.38. The van der Waals surface area contributed by atoms with Crippen molar-refractivity contribution in [3.63, 3.8) is 0 Å². The molecule has 1 N–H and O–H groups in total. The molecule has 1 aromatic carbocycles. The van der Waals surface area contributed by atoms with Gasteiger partial charge in [0.1, 0.15) is 11.0 Å². The molecule has 0 bridgehead atoms. The van der Waals surface area contributed by atoms with Gasteiger partial charge in [-0.15, -0.1) is 0 Å². The van der Waals surface area contributed by atoms with Crippen LogP contribution in [-0.4, -0.2) is 23.0 Å². The van der Waals surface area contributed by atoms with Crippen molar-refractivity contribution >= 4 is 17.7 Å². The summed E-state index contributed by atoms with van der Waals surface area (Å²) in [6.07, 6.45) is 0. The third-order valence-electron chi connectivity index (χ3n) is 3.92. The molecule has 1 amide bonds. The van der Waals surface area contributed by atoms with Crippen molar-refractivity contribution in [2.45, 2.75) is 44.8 Å². The van der Waals surface area contributed by atoms with Crippen molar-refractivity contribution in [1.29, 1.82) is 0 Å². The quantitative estimate of drug-likeness (QED) is 0.902. The summed E-state index contributed by atoms with van der Waals surface area (Å²) in [5.74, 6) is 0.848. The van der Waals surface area contributed by atoms with Crippen molar-refractivity contribution in [3.05, 3.63) is 40.4 Å². The number of hydrogen-bond acceptors (Lipinski definition) is 3. The van der Waals surface area contributed by atoms with Crippen LogP contribution in [0.15, 0.2) is 23.7 Å². The number of phenols is 1.